The van der Waals surface area contributed by atoms with Gasteiger partial charge in [-0.3, -0.25) is 0 Å². The number of nitrogens with zero attached hydrogens (tertiary/aromatic N) is 2. The van der Waals surface area contributed by atoms with Crippen molar-refractivity contribution >= 4 is 21.7 Å². The van der Waals surface area contributed by atoms with E-state index in [1.54, 1.807) is 7.11 Å². The summed E-state index contributed by atoms with van der Waals surface area (Å²) in [5, 5.41) is 8.36. The summed E-state index contributed by atoms with van der Waals surface area (Å²) in [7, 11) is 1.71. The quantitative estimate of drug-likeness (QED) is 0.733. The molecule has 0 amide bonds. The van der Waals surface area contributed by atoms with E-state index in [2.05, 4.69) is 39.4 Å². The first-order chi connectivity index (χ1) is 11.8. The van der Waals surface area contributed by atoms with Crippen molar-refractivity contribution in [1.29, 1.82) is 0 Å². The molecule has 2 aromatic carbocycles. The van der Waals surface area contributed by atoms with Crippen molar-refractivity contribution in [3.8, 4) is 11.4 Å². The average molecular weight is 384 g/mol. The van der Waals surface area contributed by atoms with E-state index in [4.69, 9.17) is 9.84 Å². The molecule has 4 rings (SSSR count). The first kappa shape index (κ1) is 15.3. The fraction of sp³-hybridized carbons (Fsp3) is 0.211. The molecule has 0 aliphatic carbocycles. The van der Waals surface area contributed by atoms with Crippen molar-refractivity contribution in [2.24, 2.45) is 0 Å². The van der Waals surface area contributed by atoms with Gasteiger partial charge in [-0.2, -0.15) is 5.10 Å². The molecule has 0 radical (unpaired) electrons. The number of methoxy groups -OCH3 is 1. The van der Waals surface area contributed by atoms with Gasteiger partial charge in [0, 0.05) is 28.6 Å². The monoisotopic (exact) mass is 383 g/mol. The molecule has 0 fully saturated rings. The zero-order valence-corrected chi connectivity index (χ0v) is 15.0. The molecule has 5 heteroatoms. The molecular weight excluding hydrogens is 366 g/mol. The van der Waals surface area contributed by atoms with Gasteiger partial charge in [-0.15, -0.1) is 0 Å². The number of hydrogen-bond acceptors (Lipinski definition) is 3. The highest BCUT2D eigenvalue weighted by atomic mass is 79.9. The summed E-state index contributed by atoms with van der Waals surface area (Å²) in [4.78, 5) is 0. The molecule has 2 heterocycles. The van der Waals surface area contributed by atoms with E-state index in [0.29, 0.717) is 0 Å². The van der Waals surface area contributed by atoms with Crippen molar-refractivity contribution in [3.63, 3.8) is 0 Å². The van der Waals surface area contributed by atoms with E-state index in [-0.39, 0.29) is 0 Å². The Morgan fingerprint density at radius 3 is 2.75 bits per heavy atom. The number of benzene rings is 2. The molecular formula is C19H18BrN3O. The number of fused-ring (bicyclic) bond motifs is 1. The molecule has 0 unspecified atom stereocenters. The first-order valence-corrected chi connectivity index (χ1v) is 8.78. The Morgan fingerprint density at radius 1 is 1.17 bits per heavy atom. The lowest BCUT2D eigenvalue weighted by atomic mass is 10.0. The van der Waals surface area contributed by atoms with Crippen LogP contribution in [-0.2, 0) is 12.8 Å². The predicted molar refractivity (Wildman–Crippen MR) is 99.3 cm³/mol. The summed E-state index contributed by atoms with van der Waals surface area (Å²) in [5.74, 6) is 2.03. The predicted octanol–water partition coefficient (Wildman–Crippen LogP) is 4.20. The van der Waals surface area contributed by atoms with Gasteiger partial charge in [-0.05, 0) is 36.8 Å². The topological polar surface area (TPSA) is 39.1 Å². The van der Waals surface area contributed by atoms with Gasteiger partial charge >= 0.3 is 0 Å². The molecule has 0 spiro atoms. The Bertz CT molecular complexity index is 871. The van der Waals surface area contributed by atoms with Gasteiger partial charge in [-0.25, -0.2) is 4.68 Å². The van der Waals surface area contributed by atoms with E-state index >= 15 is 0 Å². The first-order valence-electron chi connectivity index (χ1n) is 7.99. The van der Waals surface area contributed by atoms with E-state index < -0.39 is 0 Å². The molecule has 1 aliphatic heterocycles. The molecule has 3 aromatic rings. The number of anilines is 1. The third-order valence-electron chi connectivity index (χ3n) is 4.36. The van der Waals surface area contributed by atoms with Crippen LogP contribution in [0.4, 0.5) is 5.82 Å². The Morgan fingerprint density at radius 2 is 1.96 bits per heavy atom. The molecule has 1 aliphatic rings. The Balaban J connectivity index is 1.75. The van der Waals surface area contributed by atoms with E-state index in [9.17, 15) is 0 Å². The normalized spacial score (nSPS) is 12.8. The summed E-state index contributed by atoms with van der Waals surface area (Å²) in [6.45, 7) is 0.961. The minimum atomic E-state index is 0.775. The summed E-state index contributed by atoms with van der Waals surface area (Å²) in [5.41, 5.74) is 4.65. The second kappa shape index (κ2) is 6.32. The second-order valence-electron chi connectivity index (χ2n) is 5.83. The van der Waals surface area contributed by atoms with Crippen LogP contribution in [0.3, 0.4) is 0 Å². The highest BCUT2D eigenvalue weighted by molar-refractivity contribution is 9.10. The summed E-state index contributed by atoms with van der Waals surface area (Å²) in [6, 6.07) is 16.4. The highest BCUT2D eigenvalue weighted by Crippen LogP contribution is 2.31. The van der Waals surface area contributed by atoms with Gasteiger partial charge in [0.2, 0.25) is 0 Å². The third-order valence-corrected chi connectivity index (χ3v) is 4.88. The van der Waals surface area contributed by atoms with Gasteiger partial charge in [0.25, 0.3) is 0 Å². The van der Waals surface area contributed by atoms with Crippen LogP contribution in [0.5, 0.6) is 5.75 Å². The van der Waals surface area contributed by atoms with Crippen molar-refractivity contribution in [1.82, 2.24) is 9.78 Å². The van der Waals surface area contributed by atoms with E-state index in [1.165, 1.54) is 5.56 Å². The van der Waals surface area contributed by atoms with Crippen LogP contribution < -0.4 is 10.1 Å². The molecule has 0 atom stereocenters. The van der Waals surface area contributed by atoms with Gasteiger partial charge in [-0.1, -0.05) is 34.1 Å². The SMILES string of the molecule is COc1ccccc1Cc1nn(-c2ccc(Br)cc2)c2c1CCN2. The number of hydrogen-bond donors (Lipinski definition) is 1. The number of aromatic nitrogens is 2. The van der Waals surface area contributed by atoms with Gasteiger partial charge < -0.3 is 10.1 Å². The third kappa shape index (κ3) is 2.69. The van der Waals surface area contributed by atoms with Crippen molar-refractivity contribution < 1.29 is 4.74 Å². The number of ether oxygens (including phenoxy) is 1. The number of rotatable bonds is 4. The number of nitrogens with one attached hydrogen (secondary N) is 1. The van der Waals surface area contributed by atoms with Gasteiger partial charge in [0.1, 0.15) is 11.6 Å². The molecule has 0 saturated carbocycles. The molecule has 1 N–H and O–H groups in total. The number of para-hydroxylation sites is 1. The van der Waals surface area contributed by atoms with Crippen molar-refractivity contribution in [2.45, 2.75) is 12.8 Å². The zero-order chi connectivity index (χ0) is 16.5. The highest BCUT2D eigenvalue weighted by Gasteiger charge is 2.23. The Labute approximate surface area is 149 Å². The maximum absolute atomic E-state index is 5.49. The van der Waals surface area contributed by atoms with E-state index in [1.807, 2.05) is 35.0 Å². The van der Waals surface area contributed by atoms with Gasteiger partial charge in [0.05, 0.1) is 18.5 Å². The second-order valence-corrected chi connectivity index (χ2v) is 6.74. The lowest BCUT2D eigenvalue weighted by Crippen LogP contribution is -2.05. The Kier molecular flexibility index (Phi) is 4.02. The molecule has 0 saturated heterocycles. The van der Waals surface area contributed by atoms with Gasteiger partial charge in [0.15, 0.2) is 0 Å². The van der Waals surface area contributed by atoms with Crippen molar-refractivity contribution in [2.75, 3.05) is 19.0 Å². The molecule has 1 aromatic heterocycles. The standard InChI is InChI=1S/C19H18BrN3O/c1-24-18-5-3-2-4-13(18)12-17-16-10-11-21-19(16)23(22-17)15-8-6-14(20)7-9-15/h2-9,21H,10-12H2,1H3. The molecule has 4 nitrogen and oxygen atoms in total. The largest absolute Gasteiger partial charge is 0.496 e. The van der Waals surface area contributed by atoms with Crippen molar-refractivity contribution in [3.05, 3.63) is 69.8 Å². The zero-order valence-electron chi connectivity index (χ0n) is 13.4. The van der Waals surface area contributed by atoms with Crippen LogP contribution >= 0.6 is 15.9 Å². The molecule has 24 heavy (non-hydrogen) atoms. The van der Waals surface area contributed by atoms with Crippen LogP contribution in [0.25, 0.3) is 5.69 Å². The fourth-order valence-corrected chi connectivity index (χ4v) is 3.45. The van der Waals surface area contributed by atoms with Crippen LogP contribution in [0, 0.1) is 0 Å². The van der Waals surface area contributed by atoms with Crippen LogP contribution in [0.15, 0.2) is 53.0 Å². The molecule has 122 valence electrons. The van der Waals surface area contributed by atoms with Crippen LogP contribution in [0.2, 0.25) is 0 Å². The Hall–Kier alpha value is -2.27. The lowest BCUT2D eigenvalue weighted by molar-refractivity contribution is 0.410. The fourth-order valence-electron chi connectivity index (χ4n) is 3.19. The minimum absolute atomic E-state index is 0.775. The average Bonchev–Trinajstić information content (AvgIpc) is 3.20. The maximum Gasteiger partial charge on any atom is 0.133 e. The van der Waals surface area contributed by atoms with E-state index in [0.717, 1.165) is 52.4 Å². The molecule has 0 bridgehead atoms. The maximum atomic E-state index is 5.49. The van der Waals surface area contributed by atoms with Crippen LogP contribution in [0.1, 0.15) is 16.8 Å². The summed E-state index contributed by atoms with van der Waals surface area (Å²) < 4.78 is 8.57. The smallest absolute Gasteiger partial charge is 0.133 e. The number of halogens is 1. The minimum Gasteiger partial charge on any atom is -0.496 e. The summed E-state index contributed by atoms with van der Waals surface area (Å²) in [6.07, 6.45) is 1.79. The summed E-state index contributed by atoms with van der Waals surface area (Å²) >= 11 is 3.49. The lowest BCUT2D eigenvalue weighted by Gasteiger charge is -2.08. The van der Waals surface area contributed by atoms with Crippen LogP contribution in [-0.4, -0.2) is 23.4 Å².